The minimum Gasteiger partial charge on any atom is -0.376 e. The molecule has 1 fully saturated rings. The van der Waals surface area contributed by atoms with Gasteiger partial charge in [-0.25, -0.2) is 4.98 Å². The SMILES string of the molecule is Cc1ccc(Cl)cc1NC(=O)C[C@H]1C(=O)N(C[C@H]2CCCO2)c2nc3ccccc3n21. The normalized spacial score (nSPS) is 20.5. The van der Waals surface area contributed by atoms with Crippen LogP contribution in [0.15, 0.2) is 42.5 Å². The molecule has 5 rings (SSSR count). The molecule has 31 heavy (non-hydrogen) atoms. The van der Waals surface area contributed by atoms with E-state index in [0.717, 1.165) is 29.4 Å². The molecule has 0 spiro atoms. The molecule has 0 saturated carbocycles. The summed E-state index contributed by atoms with van der Waals surface area (Å²) in [5.74, 6) is 0.214. The molecule has 8 heteroatoms. The number of aromatic nitrogens is 2. The molecular weight excluding hydrogens is 416 g/mol. The minimum absolute atomic E-state index is 0.00102. The molecule has 160 valence electrons. The van der Waals surface area contributed by atoms with Gasteiger partial charge in [0.1, 0.15) is 6.04 Å². The second-order valence-corrected chi connectivity index (χ2v) is 8.52. The van der Waals surface area contributed by atoms with E-state index in [0.29, 0.717) is 29.8 Å². The Morgan fingerprint density at radius 2 is 2.13 bits per heavy atom. The Hall–Kier alpha value is -2.90. The molecule has 3 aromatic rings. The summed E-state index contributed by atoms with van der Waals surface area (Å²) in [5.41, 5.74) is 3.20. The highest BCUT2D eigenvalue weighted by Gasteiger charge is 2.42. The Balaban J connectivity index is 1.44. The number of ether oxygens (including phenoxy) is 1. The molecule has 1 N–H and O–H groups in total. The molecule has 0 bridgehead atoms. The topological polar surface area (TPSA) is 76.5 Å². The molecule has 0 radical (unpaired) electrons. The molecule has 2 aliphatic rings. The first kappa shape index (κ1) is 20.0. The first-order valence-corrected chi connectivity index (χ1v) is 10.8. The van der Waals surface area contributed by atoms with Gasteiger partial charge in [-0.2, -0.15) is 0 Å². The van der Waals surface area contributed by atoms with E-state index < -0.39 is 6.04 Å². The quantitative estimate of drug-likeness (QED) is 0.650. The summed E-state index contributed by atoms with van der Waals surface area (Å²) in [5, 5.41) is 3.45. The van der Waals surface area contributed by atoms with Crippen LogP contribution in [0.1, 0.15) is 30.9 Å². The number of amides is 2. The number of nitrogens with one attached hydrogen (secondary N) is 1. The van der Waals surface area contributed by atoms with Gasteiger partial charge in [-0.3, -0.25) is 19.1 Å². The molecule has 2 aliphatic heterocycles. The Morgan fingerprint density at radius 3 is 2.94 bits per heavy atom. The fourth-order valence-corrected chi connectivity index (χ4v) is 4.54. The lowest BCUT2D eigenvalue weighted by atomic mass is 10.1. The van der Waals surface area contributed by atoms with Crippen molar-refractivity contribution in [3.05, 3.63) is 53.1 Å². The van der Waals surface area contributed by atoms with Crippen molar-refractivity contribution in [3.63, 3.8) is 0 Å². The van der Waals surface area contributed by atoms with Gasteiger partial charge in [0.25, 0.3) is 5.91 Å². The molecule has 0 aliphatic carbocycles. The van der Waals surface area contributed by atoms with Gasteiger partial charge in [-0.15, -0.1) is 0 Å². The zero-order valence-corrected chi connectivity index (χ0v) is 17.9. The van der Waals surface area contributed by atoms with Gasteiger partial charge >= 0.3 is 0 Å². The molecule has 2 aromatic carbocycles. The van der Waals surface area contributed by atoms with Gasteiger partial charge in [0.05, 0.1) is 30.1 Å². The van der Waals surface area contributed by atoms with E-state index in [1.165, 1.54) is 0 Å². The molecule has 2 atom stereocenters. The molecule has 7 nitrogen and oxygen atoms in total. The van der Waals surface area contributed by atoms with Gasteiger partial charge in [0, 0.05) is 17.3 Å². The third-order valence-corrected chi connectivity index (χ3v) is 6.18. The predicted octanol–water partition coefficient (Wildman–Crippen LogP) is 4.09. The third kappa shape index (κ3) is 3.68. The summed E-state index contributed by atoms with van der Waals surface area (Å²) in [4.78, 5) is 32.7. The lowest BCUT2D eigenvalue weighted by Crippen LogP contribution is -2.37. The molecule has 3 heterocycles. The highest BCUT2D eigenvalue weighted by Crippen LogP contribution is 2.37. The molecule has 1 aromatic heterocycles. The minimum atomic E-state index is -0.650. The average Bonchev–Trinajstić information content (AvgIpc) is 3.44. The van der Waals surface area contributed by atoms with Crippen molar-refractivity contribution >= 4 is 46.1 Å². The number of fused-ring (bicyclic) bond motifs is 3. The summed E-state index contributed by atoms with van der Waals surface area (Å²) >= 11 is 6.08. The van der Waals surface area contributed by atoms with Crippen molar-refractivity contribution in [3.8, 4) is 0 Å². The first-order chi connectivity index (χ1) is 15.0. The molecule has 2 amide bonds. The number of rotatable bonds is 5. The van der Waals surface area contributed by atoms with Gasteiger partial charge in [0.15, 0.2) is 0 Å². The van der Waals surface area contributed by atoms with Crippen molar-refractivity contribution in [2.24, 2.45) is 0 Å². The van der Waals surface area contributed by atoms with Crippen molar-refractivity contribution < 1.29 is 14.3 Å². The number of hydrogen-bond acceptors (Lipinski definition) is 4. The van der Waals surface area contributed by atoms with Crippen LogP contribution in [-0.2, 0) is 14.3 Å². The highest BCUT2D eigenvalue weighted by molar-refractivity contribution is 6.31. The maximum atomic E-state index is 13.4. The fraction of sp³-hybridized carbons (Fsp3) is 0.348. The standard InChI is InChI=1S/C23H23ClN4O3/c1-14-8-9-15(24)11-18(14)25-21(29)12-20-22(30)27(13-16-5-4-10-31-16)23-26-17-6-2-3-7-19(17)28(20)23/h2-3,6-9,11,16,20H,4-5,10,12-13H2,1H3,(H,25,29)/t16-,20+/m1/s1. The van der Waals surface area contributed by atoms with Crippen LogP contribution < -0.4 is 10.2 Å². The predicted molar refractivity (Wildman–Crippen MR) is 120 cm³/mol. The summed E-state index contributed by atoms with van der Waals surface area (Å²) in [6.07, 6.45) is 1.93. The number of carbonyl (C=O) groups is 2. The number of hydrogen-bond donors (Lipinski definition) is 1. The molecule has 0 unspecified atom stereocenters. The van der Waals surface area contributed by atoms with Crippen LogP contribution in [0.3, 0.4) is 0 Å². The Morgan fingerprint density at radius 1 is 1.29 bits per heavy atom. The zero-order chi connectivity index (χ0) is 21.5. The highest BCUT2D eigenvalue weighted by atomic mass is 35.5. The van der Waals surface area contributed by atoms with Crippen LogP contribution in [0.4, 0.5) is 11.6 Å². The third-order valence-electron chi connectivity index (χ3n) is 5.94. The number of halogens is 1. The van der Waals surface area contributed by atoms with Crippen molar-refractivity contribution in [1.29, 1.82) is 0 Å². The van der Waals surface area contributed by atoms with E-state index in [4.69, 9.17) is 21.3 Å². The summed E-state index contributed by atoms with van der Waals surface area (Å²) in [7, 11) is 0. The number of nitrogens with zero attached hydrogens (tertiary/aromatic N) is 3. The van der Waals surface area contributed by atoms with Crippen LogP contribution in [0.25, 0.3) is 11.0 Å². The number of imidazole rings is 1. The fourth-order valence-electron chi connectivity index (χ4n) is 4.37. The lowest BCUT2D eigenvalue weighted by molar-refractivity contribution is -0.124. The van der Waals surface area contributed by atoms with E-state index in [9.17, 15) is 9.59 Å². The van der Waals surface area contributed by atoms with E-state index in [1.807, 2.05) is 41.8 Å². The number of benzene rings is 2. The number of anilines is 2. The van der Waals surface area contributed by atoms with Crippen LogP contribution in [-0.4, -0.2) is 40.6 Å². The van der Waals surface area contributed by atoms with Crippen LogP contribution in [0.5, 0.6) is 0 Å². The smallest absolute Gasteiger partial charge is 0.253 e. The largest absolute Gasteiger partial charge is 0.376 e. The van der Waals surface area contributed by atoms with Gasteiger partial charge in [-0.1, -0.05) is 29.8 Å². The maximum absolute atomic E-state index is 13.4. The van der Waals surface area contributed by atoms with Crippen molar-refractivity contribution in [1.82, 2.24) is 9.55 Å². The Labute approximate surface area is 184 Å². The summed E-state index contributed by atoms with van der Waals surface area (Å²) in [6.45, 7) is 3.07. The number of aryl methyl sites for hydroxylation is 1. The van der Waals surface area contributed by atoms with E-state index in [2.05, 4.69) is 5.32 Å². The van der Waals surface area contributed by atoms with Crippen LogP contribution in [0.2, 0.25) is 5.02 Å². The van der Waals surface area contributed by atoms with Gasteiger partial charge < -0.3 is 10.1 Å². The maximum Gasteiger partial charge on any atom is 0.253 e. The Kier molecular flexibility index (Phi) is 5.16. The zero-order valence-electron chi connectivity index (χ0n) is 17.2. The second-order valence-electron chi connectivity index (χ2n) is 8.08. The van der Waals surface area contributed by atoms with Crippen LogP contribution in [0, 0.1) is 6.92 Å². The molecule has 1 saturated heterocycles. The molecular formula is C23H23ClN4O3. The van der Waals surface area contributed by atoms with Gasteiger partial charge in [0.2, 0.25) is 11.9 Å². The summed E-state index contributed by atoms with van der Waals surface area (Å²) < 4.78 is 7.64. The lowest BCUT2D eigenvalue weighted by Gasteiger charge is -2.19. The average molecular weight is 439 g/mol. The van der Waals surface area contributed by atoms with E-state index in [1.54, 1.807) is 17.0 Å². The number of para-hydroxylation sites is 2. The van der Waals surface area contributed by atoms with Gasteiger partial charge in [-0.05, 0) is 49.6 Å². The van der Waals surface area contributed by atoms with Crippen molar-refractivity contribution in [2.75, 3.05) is 23.4 Å². The van der Waals surface area contributed by atoms with E-state index >= 15 is 0 Å². The van der Waals surface area contributed by atoms with Crippen molar-refractivity contribution in [2.45, 2.75) is 38.3 Å². The Bertz CT molecular complexity index is 1170. The second kappa shape index (κ2) is 7.98. The van der Waals surface area contributed by atoms with Crippen LogP contribution >= 0.6 is 11.6 Å². The first-order valence-electron chi connectivity index (χ1n) is 10.5. The summed E-state index contributed by atoms with van der Waals surface area (Å²) in [6, 6.07) is 12.4. The monoisotopic (exact) mass is 438 g/mol. The number of carbonyl (C=O) groups excluding carboxylic acids is 2. The van der Waals surface area contributed by atoms with E-state index in [-0.39, 0.29) is 24.3 Å².